The molecule has 5 heteroatoms. The van der Waals surface area contributed by atoms with Crippen molar-refractivity contribution in [3.05, 3.63) is 89.4 Å². The molecule has 1 aliphatic heterocycles. The average Bonchev–Trinajstić information content (AvgIpc) is 3.05. The van der Waals surface area contributed by atoms with Gasteiger partial charge in [0, 0.05) is 0 Å². The molecule has 0 aromatic heterocycles. The number of para-hydroxylation sites is 2. The lowest BCUT2D eigenvalue weighted by Gasteiger charge is -2.25. The third kappa shape index (κ3) is 3.43. The van der Waals surface area contributed by atoms with Crippen LogP contribution < -0.4 is 9.64 Å². The van der Waals surface area contributed by atoms with Gasteiger partial charge in [-0.25, -0.2) is 0 Å². The molecule has 3 nitrogen and oxygen atoms in total. The SMILES string of the molecule is O=C1CS[C@@H](c2ccc(Oc3ccccc3)cc2)N1c1ccccc1Cl. The molecule has 1 fully saturated rings. The number of benzene rings is 3. The van der Waals surface area contributed by atoms with Crippen LogP contribution >= 0.6 is 23.4 Å². The second-order valence-corrected chi connectivity index (χ2v) is 7.34. The molecule has 130 valence electrons. The maximum atomic E-state index is 12.4. The molecule has 3 aromatic carbocycles. The van der Waals surface area contributed by atoms with Crippen molar-refractivity contribution in [2.24, 2.45) is 0 Å². The minimum Gasteiger partial charge on any atom is -0.457 e. The van der Waals surface area contributed by atoms with Gasteiger partial charge in [-0.15, -0.1) is 11.8 Å². The van der Waals surface area contributed by atoms with Gasteiger partial charge in [0.05, 0.1) is 16.5 Å². The highest BCUT2D eigenvalue weighted by Crippen LogP contribution is 2.44. The first-order valence-electron chi connectivity index (χ1n) is 8.23. The third-order valence-electron chi connectivity index (χ3n) is 4.12. The van der Waals surface area contributed by atoms with Crippen molar-refractivity contribution in [2.45, 2.75) is 5.37 Å². The molecule has 0 bridgehead atoms. The number of hydrogen-bond acceptors (Lipinski definition) is 3. The van der Waals surface area contributed by atoms with E-state index >= 15 is 0 Å². The van der Waals surface area contributed by atoms with E-state index in [4.69, 9.17) is 16.3 Å². The van der Waals surface area contributed by atoms with Crippen LogP contribution in [0.3, 0.4) is 0 Å². The van der Waals surface area contributed by atoms with Crippen molar-refractivity contribution in [1.29, 1.82) is 0 Å². The fourth-order valence-electron chi connectivity index (χ4n) is 2.90. The first-order valence-corrected chi connectivity index (χ1v) is 9.66. The summed E-state index contributed by atoms with van der Waals surface area (Å²) in [4.78, 5) is 14.2. The summed E-state index contributed by atoms with van der Waals surface area (Å²) in [5, 5.41) is 0.491. The van der Waals surface area contributed by atoms with Crippen LogP contribution in [0.4, 0.5) is 5.69 Å². The number of halogens is 1. The first-order chi connectivity index (χ1) is 12.7. The Morgan fingerprint density at radius 3 is 2.27 bits per heavy atom. The molecule has 0 N–H and O–H groups in total. The average molecular weight is 382 g/mol. The van der Waals surface area contributed by atoms with Crippen molar-refractivity contribution < 1.29 is 9.53 Å². The Morgan fingerprint density at radius 1 is 0.885 bits per heavy atom. The van der Waals surface area contributed by atoms with Gasteiger partial charge in [-0.05, 0) is 42.0 Å². The van der Waals surface area contributed by atoms with E-state index in [-0.39, 0.29) is 11.3 Å². The Bertz CT molecular complexity index is 915. The zero-order valence-corrected chi connectivity index (χ0v) is 15.4. The van der Waals surface area contributed by atoms with Crippen molar-refractivity contribution >= 4 is 35.0 Å². The van der Waals surface area contributed by atoms with Gasteiger partial charge in [-0.3, -0.25) is 9.69 Å². The molecule has 0 spiro atoms. The Labute approximate surface area is 161 Å². The van der Waals surface area contributed by atoms with Crippen molar-refractivity contribution in [3.63, 3.8) is 0 Å². The van der Waals surface area contributed by atoms with Crippen molar-refractivity contribution in [3.8, 4) is 11.5 Å². The topological polar surface area (TPSA) is 29.5 Å². The van der Waals surface area contributed by atoms with Crippen LogP contribution in [-0.2, 0) is 4.79 Å². The van der Waals surface area contributed by atoms with E-state index in [0.717, 1.165) is 22.7 Å². The number of carbonyl (C=O) groups excluding carboxylic acids is 1. The molecule has 26 heavy (non-hydrogen) atoms. The quantitative estimate of drug-likeness (QED) is 0.562. The van der Waals surface area contributed by atoms with Crippen LogP contribution in [0.15, 0.2) is 78.9 Å². The van der Waals surface area contributed by atoms with E-state index in [0.29, 0.717) is 10.8 Å². The minimum atomic E-state index is -0.0897. The highest BCUT2D eigenvalue weighted by atomic mass is 35.5. The van der Waals surface area contributed by atoms with E-state index in [1.807, 2.05) is 72.8 Å². The predicted octanol–water partition coefficient (Wildman–Crippen LogP) is 5.91. The fraction of sp³-hybridized carbons (Fsp3) is 0.0952. The smallest absolute Gasteiger partial charge is 0.238 e. The zero-order chi connectivity index (χ0) is 17.9. The van der Waals surface area contributed by atoms with Crippen molar-refractivity contribution in [1.82, 2.24) is 0 Å². The zero-order valence-electron chi connectivity index (χ0n) is 13.8. The maximum Gasteiger partial charge on any atom is 0.238 e. The van der Waals surface area contributed by atoms with Crippen LogP contribution in [-0.4, -0.2) is 11.7 Å². The lowest BCUT2D eigenvalue weighted by Crippen LogP contribution is -2.28. The molecule has 1 atom stereocenters. The Morgan fingerprint density at radius 2 is 1.54 bits per heavy atom. The van der Waals surface area contributed by atoms with Gasteiger partial charge >= 0.3 is 0 Å². The van der Waals surface area contributed by atoms with Crippen LogP contribution in [0, 0.1) is 0 Å². The highest BCUT2D eigenvalue weighted by Gasteiger charge is 2.34. The summed E-state index contributed by atoms with van der Waals surface area (Å²) in [5.74, 6) is 2.07. The number of rotatable bonds is 4. The number of nitrogens with zero attached hydrogens (tertiary/aromatic N) is 1. The number of amides is 1. The first kappa shape index (κ1) is 17.0. The standard InChI is InChI=1S/C21H16ClNO2S/c22-18-8-4-5-9-19(18)23-20(24)14-26-21(23)15-10-12-17(13-11-15)25-16-6-2-1-3-7-16/h1-13,21H,14H2/t21-/m0/s1. The second-order valence-electron chi connectivity index (χ2n) is 5.86. The maximum absolute atomic E-state index is 12.4. The Balaban J connectivity index is 1.58. The summed E-state index contributed by atoms with van der Waals surface area (Å²) in [7, 11) is 0. The van der Waals surface area contributed by atoms with E-state index < -0.39 is 0 Å². The molecule has 1 heterocycles. The van der Waals surface area contributed by atoms with Crippen LogP contribution in [0.5, 0.6) is 11.5 Å². The molecule has 0 unspecified atom stereocenters. The van der Waals surface area contributed by atoms with Crippen LogP contribution in [0.2, 0.25) is 5.02 Å². The lowest BCUT2D eigenvalue weighted by molar-refractivity contribution is -0.115. The molecule has 1 saturated heterocycles. The summed E-state index contributed by atoms with van der Waals surface area (Å²) in [6, 6.07) is 25.0. The lowest BCUT2D eigenvalue weighted by atomic mass is 10.1. The summed E-state index contributed by atoms with van der Waals surface area (Å²) in [5.41, 5.74) is 1.79. The van der Waals surface area contributed by atoms with Gasteiger partial charge in [-0.1, -0.05) is 54.1 Å². The molecule has 3 aromatic rings. The molecular weight excluding hydrogens is 366 g/mol. The number of carbonyl (C=O) groups is 1. The predicted molar refractivity (Wildman–Crippen MR) is 107 cm³/mol. The summed E-state index contributed by atoms with van der Waals surface area (Å²) >= 11 is 7.92. The second kappa shape index (κ2) is 7.44. The normalized spacial score (nSPS) is 16.7. The van der Waals surface area contributed by atoms with Gasteiger partial charge in [0.2, 0.25) is 5.91 Å². The molecule has 0 saturated carbocycles. The number of anilines is 1. The Hall–Kier alpha value is -2.43. The molecule has 4 rings (SSSR count). The van der Waals surface area contributed by atoms with Gasteiger partial charge < -0.3 is 4.74 Å². The largest absolute Gasteiger partial charge is 0.457 e. The number of ether oxygens (including phenoxy) is 1. The molecule has 1 amide bonds. The molecule has 1 aliphatic rings. The van der Waals surface area contributed by atoms with E-state index in [2.05, 4.69) is 0 Å². The molecule has 0 radical (unpaired) electrons. The van der Waals surface area contributed by atoms with Crippen LogP contribution in [0.25, 0.3) is 0 Å². The van der Waals surface area contributed by atoms with E-state index in [9.17, 15) is 4.79 Å². The van der Waals surface area contributed by atoms with Gasteiger partial charge in [0.1, 0.15) is 16.9 Å². The van der Waals surface area contributed by atoms with E-state index in [1.54, 1.807) is 22.7 Å². The molecular formula is C21H16ClNO2S. The summed E-state index contributed by atoms with van der Waals surface area (Å²) in [6.07, 6.45) is 0. The third-order valence-corrected chi connectivity index (χ3v) is 5.66. The molecule has 0 aliphatic carbocycles. The van der Waals surface area contributed by atoms with Crippen molar-refractivity contribution in [2.75, 3.05) is 10.7 Å². The Kier molecular flexibility index (Phi) is 4.87. The highest BCUT2D eigenvalue weighted by molar-refractivity contribution is 8.00. The fourth-order valence-corrected chi connectivity index (χ4v) is 4.30. The summed E-state index contributed by atoms with van der Waals surface area (Å²) < 4.78 is 5.84. The minimum absolute atomic E-state index is 0.0673. The summed E-state index contributed by atoms with van der Waals surface area (Å²) in [6.45, 7) is 0. The van der Waals surface area contributed by atoms with Crippen LogP contribution in [0.1, 0.15) is 10.9 Å². The van der Waals surface area contributed by atoms with Gasteiger partial charge in [0.15, 0.2) is 0 Å². The number of hydrogen-bond donors (Lipinski definition) is 0. The number of thioether (sulfide) groups is 1. The van der Waals surface area contributed by atoms with Gasteiger partial charge in [0.25, 0.3) is 0 Å². The van der Waals surface area contributed by atoms with Gasteiger partial charge in [-0.2, -0.15) is 0 Å². The monoisotopic (exact) mass is 381 g/mol. The van der Waals surface area contributed by atoms with E-state index in [1.165, 1.54) is 0 Å².